The van der Waals surface area contributed by atoms with Crippen LogP contribution in [0.1, 0.15) is 29.6 Å². The maximum absolute atomic E-state index is 11.9. The summed E-state index contributed by atoms with van der Waals surface area (Å²) in [6.45, 7) is 0. The van der Waals surface area contributed by atoms with Gasteiger partial charge < -0.3 is 21.3 Å². The molecule has 6 heteroatoms. The fraction of sp³-hybridized carbons (Fsp3) is 0.333. The number of carbonyl (C=O) groups excluding carboxylic acids is 1. The van der Waals surface area contributed by atoms with Crippen LogP contribution in [0.2, 0.25) is 0 Å². The van der Waals surface area contributed by atoms with Gasteiger partial charge >= 0.3 is 5.97 Å². The summed E-state index contributed by atoms with van der Waals surface area (Å²) in [5, 5.41) is 20.9. The molecule has 1 aliphatic rings. The molecule has 5 N–H and O–H groups in total. The van der Waals surface area contributed by atoms with Crippen molar-refractivity contribution in [2.45, 2.75) is 24.8 Å². The smallest absolute Gasteiger partial charge is 0.335 e. The minimum Gasteiger partial charge on any atom is -0.506 e. The average molecular weight is 250 g/mol. The standard InChI is InChI=1S/C12H14N2O4/c13-12(4-1-5-12)11(18)14-8-6-7(10(16)17)2-3-9(8)15/h2-3,6,15H,1,4-5,13H2,(H,14,18)(H,16,17). The molecule has 0 aliphatic heterocycles. The number of phenolic OH excluding ortho intramolecular Hbond substituents is 1. The van der Waals surface area contributed by atoms with Gasteiger partial charge in [-0.15, -0.1) is 0 Å². The van der Waals surface area contributed by atoms with Crippen molar-refractivity contribution >= 4 is 17.6 Å². The molecule has 0 spiro atoms. The first-order chi connectivity index (χ1) is 8.42. The fourth-order valence-electron chi connectivity index (χ4n) is 1.80. The molecule has 18 heavy (non-hydrogen) atoms. The highest BCUT2D eigenvalue weighted by Gasteiger charge is 2.40. The quantitative estimate of drug-likeness (QED) is 0.595. The van der Waals surface area contributed by atoms with Crippen LogP contribution in [-0.2, 0) is 4.79 Å². The Morgan fingerprint density at radius 1 is 1.33 bits per heavy atom. The van der Waals surface area contributed by atoms with Gasteiger partial charge in [0.05, 0.1) is 16.8 Å². The molecule has 0 saturated heterocycles. The number of aromatic carboxylic acids is 1. The summed E-state index contributed by atoms with van der Waals surface area (Å²) in [5.74, 6) is -1.71. The van der Waals surface area contributed by atoms with Crippen LogP contribution < -0.4 is 11.1 Å². The van der Waals surface area contributed by atoms with Gasteiger partial charge in [-0.05, 0) is 37.5 Å². The van der Waals surface area contributed by atoms with Gasteiger partial charge in [0.1, 0.15) is 5.75 Å². The highest BCUT2D eigenvalue weighted by atomic mass is 16.4. The molecule has 1 aliphatic carbocycles. The SMILES string of the molecule is NC1(C(=O)Nc2cc(C(=O)O)ccc2O)CCC1. The number of anilines is 1. The molecule has 1 amide bonds. The van der Waals surface area contributed by atoms with E-state index in [1.54, 1.807) is 0 Å². The summed E-state index contributed by atoms with van der Waals surface area (Å²) >= 11 is 0. The van der Waals surface area contributed by atoms with Crippen LogP contribution in [0.15, 0.2) is 18.2 Å². The van der Waals surface area contributed by atoms with E-state index in [4.69, 9.17) is 10.8 Å². The summed E-state index contributed by atoms with van der Waals surface area (Å²) in [7, 11) is 0. The number of hydrogen-bond acceptors (Lipinski definition) is 4. The van der Waals surface area contributed by atoms with Crippen LogP contribution in [0.4, 0.5) is 5.69 Å². The van der Waals surface area contributed by atoms with Crippen molar-refractivity contribution in [2.75, 3.05) is 5.32 Å². The van der Waals surface area contributed by atoms with Crippen molar-refractivity contribution in [1.29, 1.82) is 0 Å². The zero-order valence-corrected chi connectivity index (χ0v) is 9.64. The van der Waals surface area contributed by atoms with E-state index < -0.39 is 17.4 Å². The molecule has 1 aromatic rings. The monoisotopic (exact) mass is 250 g/mol. The Labute approximate surface area is 103 Å². The van der Waals surface area contributed by atoms with Crippen LogP contribution in [0.3, 0.4) is 0 Å². The van der Waals surface area contributed by atoms with Crippen molar-refractivity contribution in [3.63, 3.8) is 0 Å². The number of carboxylic acids is 1. The van der Waals surface area contributed by atoms with Crippen molar-refractivity contribution in [3.8, 4) is 5.75 Å². The van der Waals surface area contributed by atoms with E-state index in [1.807, 2.05) is 0 Å². The zero-order chi connectivity index (χ0) is 13.3. The second kappa shape index (κ2) is 4.30. The highest BCUT2D eigenvalue weighted by molar-refractivity contribution is 6.00. The number of aromatic hydroxyl groups is 1. The molecular formula is C12H14N2O4. The molecule has 0 atom stereocenters. The number of hydrogen-bond donors (Lipinski definition) is 4. The Kier molecular flexibility index (Phi) is 2.96. The maximum Gasteiger partial charge on any atom is 0.335 e. The van der Waals surface area contributed by atoms with Crippen molar-refractivity contribution in [3.05, 3.63) is 23.8 Å². The number of nitrogens with two attached hydrogens (primary N) is 1. The van der Waals surface area contributed by atoms with Gasteiger partial charge in [0.2, 0.25) is 5.91 Å². The van der Waals surface area contributed by atoms with Crippen LogP contribution >= 0.6 is 0 Å². The van der Waals surface area contributed by atoms with Gasteiger partial charge in [-0.1, -0.05) is 0 Å². The summed E-state index contributed by atoms with van der Waals surface area (Å²) in [6.07, 6.45) is 2.08. The second-order valence-corrected chi connectivity index (χ2v) is 4.50. The summed E-state index contributed by atoms with van der Waals surface area (Å²) in [6, 6.07) is 3.69. The molecule has 2 rings (SSSR count). The summed E-state index contributed by atoms with van der Waals surface area (Å²) in [5.41, 5.74) is 4.99. The molecule has 0 radical (unpaired) electrons. The first-order valence-corrected chi connectivity index (χ1v) is 5.59. The Morgan fingerprint density at radius 2 is 2.00 bits per heavy atom. The Bertz CT molecular complexity index is 509. The molecule has 96 valence electrons. The lowest BCUT2D eigenvalue weighted by Crippen LogP contribution is -2.56. The maximum atomic E-state index is 11.9. The normalized spacial score (nSPS) is 16.7. The van der Waals surface area contributed by atoms with Crippen LogP contribution in [-0.4, -0.2) is 27.6 Å². The van der Waals surface area contributed by atoms with Crippen LogP contribution in [0, 0.1) is 0 Å². The lowest BCUT2D eigenvalue weighted by Gasteiger charge is -2.36. The Hall–Kier alpha value is -2.08. The lowest BCUT2D eigenvalue weighted by molar-refractivity contribution is -0.123. The molecule has 0 unspecified atom stereocenters. The van der Waals surface area contributed by atoms with Crippen molar-refractivity contribution in [2.24, 2.45) is 5.73 Å². The van der Waals surface area contributed by atoms with Gasteiger partial charge in [0.15, 0.2) is 0 Å². The zero-order valence-electron chi connectivity index (χ0n) is 9.64. The van der Waals surface area contributed by atoms with Gasteiger partial charge in [0, 0.05) is 0 Å². The number of carboxylic acid groups (broad SMARTS) is 1. The lowest BCUT2D eigenvalue weighted by atomic mass is 9.77. The number of phenols is 1. The predicted molar refractivity (Wildman–Crippen MR) is 64.5 cm³/mol. The molecule has 0 heterocycles. The van der Waals surface area contributed by atoms with Gasteiger partial charge in [-0.2, -0.15) is 0 Å². The third kappa shape index (κ3) is 2.14. The van der Waals surface area contributed by atoms with E-state index in [-0.39, 0.29) is 17.0 Å². The Balaban J connectivity index is 2.20. The molecule has 0 aromatic heterocycles. The third-order valence-corrected chi connectivity index (χ3v) is 3.19. The number of rotatable bonds is 3. The van der Waals surface area contributed by atoms with Crippen LogP contribution in [0.25, 0.3) is 0 Å². The second-order valence-electron chi connectivity index (χ2n) is 4.50. The minimum absolute atomic E-state index is 0.0113. The highest BCUT2D eigenvalue weighted by Crippen LogP contribution is 2.32. The van der Waals surface area contributed by atoms with Gasteiger partial charge in [-0.3, -0.25) is 4.79 Å². The van der Waals surface area contributed by atoms with Crippen LogP contribution in [0.5, 0.6) is 5.75 Å². The topological polar surface area (TPSA) is 113 Å². The molecule has 1 saturated carbocycles. The first-order valence-electron chi connectivity index (χ1n) is 5.59. The average Bonchev–Trinajstić information content (AvgIpc) is 2.28. The third-order valence-electron chi connectivity index (χ3n) is 3.19. The molecule has 0 bridgehead atoms. The van der Waals surface area contributed by atoms with E-state index in [0.717, 1.165) is 6.42 Å². The van der Waals surface area contributed by atoms with E-state index in [0.29, 0.717) is 12.8 Å². The number of carbonyl (C=O) groups is 2. The molecule has 6 nitrogen and oxygen atoms in total. The Morgan fingerprint density at radius 3 is 2.50 bits per heavy atom. The van der Waals surface area contributed by atoms with E-state index in [1.165, 1.54) is 18.2 Å². The fourth-order valence-corrected chi connectivity index (χ4v) is 1.80. The largest absolute Gasteiger partial charge is 0.506 e. The molecule has 1 aromatic carbocycles. The van der Waals surface area contributed by atoms with E-state index in [9.17, 15) is 14.7 Å². The molecule has 1 fully saturated rings. The van der Waals surface area contributed by atoms with Crippen molar-refractivity contribution < 1.29 is 19.8 Å². The summed E-state index contributed by atoms with van der Waals surface area (Å²) in [4.78, 5) is 22.7. The minimum atomic E-state index is -1.13. The molecular weight excluding hydrogens is 236 g/mol. The van der Waals surface area contributed by atoms with Gasteiger partial charge in [0.25, 0.3) is 0 Å². The van der Waals surface area contributed by atoms with Gasteiger partial charge in [-0.25, -0.2) is 4.79 Å². The first kappa shape index (κ1) is 12.4. The van der Waals surface area contributed by atoms with E-state index in [2.05, 4.69) is 5.32 Å². The van der Waals surface area contributed by atoms with Crippen molar-refractivity contribution in [1.82, 2.24) is 0 Å². The predicted octanol–water partition coefficient (Wildman–Crippen LogP) is 0.910. The van der Waals surface area contributed by atoms with E-state index >= 15 is 0 Å². The number of nitrogens with one attached hydrogen (secondary N) is 1. The summed E-state index contributed by atoms with van der Waals surface area (Å²) < 4.78 is 0. The number of amides is 1. The number of benzene rings is 1.